The zero-order valence-electron chi connectivity index (χ0n) is 16.0. The molecule has 0 spiro atoms. The van der Waals surface area contributed by atoms with Gasteiger partial charge in [-0.3, -0.25) is 19.7 Å². The van der Waals surface area contributed by atoms with E-state index in [-0.39, 0.29) is 30.6 Å². The van der Waals surface area contributed by atoms with Crippen molar-refractivity contribution in [1.29, 1.82) is 0 Å². The lowest BCUT2D eigenvalue weighted by Gasteiger charge is -2.18. The van der Waals surface area contributed by atoms with Crippen LogP contribution in [0.25, 0.3) is 0 Å². The summed E-state index contributed by atoms with van der Waals surface area (Å²) in [6, 6.07) is 10.8. The van der Waals surface area contributed by atoms with Crippen molar-refractivity contribution in [2.75, 3.05) is 13.7 Å². The number of benzene rings is 2. The van der Waals surface area contributed by atoms with E-state index in [1.165, 1.54) is 24.3 Å². The Morgan fingerprint density at radius 1 is 1.18 bits per heavy atom. The standard InChI is InChI=1S/C20H23N3O5/c1-13-4-9-18(28-3)17(12-13)14(2)22-19(24)10-11-21-20(25)15-5-7-16(8-6-15)23(26)27/h4-9,12,14H,10-11H2,1-3H3,(H,21,25)(H,22,24)/t14-/m1/s1. The van der Waals surface area contributed by atoms with Crippen molar-refractivity contribution >= 4 is 17.5 Å². The number of methoxy groups -OCH3 is 1. The lowest BCUT2D eigenvalue weighted by atomic mass is 10.0. The predicted octanol–water partition coefficient (Wildman–Crippen LogP) is 2.91. The van der Waals surface area contributed by atoms with Gasteiger partial charge in [-0.25, -0.2) is 0 Å². The summed E-state index contributed by atoms with van der Waals surface area (Å²) < 4.78 is 5.34. The van der Waals surface area contributed by atoms with Gasteiger partial charge in [0.1, 0.15) is 5.75 Å². The van der Waals surface area contributed by atoms with Crippen molar-refractivity contribution in [3.8, 4) is 5.75 Å². The van der Waals surface area contributed by atoms with E-state index in [0.717, 1.165) is 11.1 Å². The number of non-ortho nitro benzene ring substituents is 1. The van der Waals surface area contributed by atoms with Gasteiger partial charge in [-0.05, 0) is 32.0 Å². The van der Waals surface area contributed by atoms with Crippen LogP contribution < -0.4 is 15.4 Å². The smallest absolute Gasteiger partial charge is 0.269 e. The molecule has 2 rings (SSSR count). The van der Waals surface area contributed by atoms with E-state index in [1.807, 2.05) is 32.0 Å². The van der Waals surface area contributed by atoms with Crippen molar-refractivity contribution in [2.45, 2.75) is 26.3 Å². The molecule has 28 heavy (non-hydrogen) atoms. The van der Waals surface area contributed by atoms with E-state index >= 15 is 0 Å². The van der Waals surface area contributed by atoms with Crippen molar-refractivity contribution in [1.82, 2.24) is 10.6 Å². The van der Waals surface area contributed by atoms with Gasteiger partial charge < -0.3 is 15.4 Å². The maximum Gasteiger partial charge on any atom is 0.269 e. The normalized spacial score (nSPS) is 11.4. The number of nitrogens with one attached hydrogen (secondary N) is 2. The Kier molecular flexibility index (Phi) is 7.08. The third-order valence-corrected chi connectivity index (χ3v) is 4.21. The fraction of sp³-hybridized carbons (Fsp3) is 0.300. The number of ether oxygens (including phenoxy) is 1. The lowest BCUT2D eigenvalue weighted by Crippen LogP contribution is -2.32. The number of hydrogen-bond acceptors (Lipinski definition) is 5. The van der Waals surface area contributed by atoms with Gasteiger partial charge in [0.15, 0.2) is 0 Å². The molecule has 8 nitrogen and oxygen atoms in total. The molecule has 0 heterocycles. The molecule has 0 saturated heterocycles. The lowest BCUT2D eigenvalue weighted by molar-refractivity contribution is -0.384. The number of hydrogen-bond donors (Lipinski definition) is 2. The highest BCUT2D eigenvalue weighted by molar-refractivity contribution is 5.94. The number of rotatable bonds is 8. The minimum atomic E-state index is -0.531. The first-order valence-corrected chi connectivity index (χ1v) is 8.78. The molecule has 0 aliphatic heterocycles. The first kappa shape index (κ1) is 20.9. The number of carbonyl (C=O) groups is 2. The van der Waals surface area contributed by atoms with Crippen molar-refractivity contribution in [3.05, 3.63) is 69.3 Å². The molecule has 1 atom stereocenters. The summed E-state index contributed by atoms with van der Waals surface area (Å²) >= 11 is 0. The van der Waals surface area contributed by atoms with Crippen LogP contribution in [0.4, 0.5) is 5.69 Å². The molecule has 8 heteroatoms. The van der Waals surface area contributed by atoms with E-state index in [1.54, 1.807) is 7.11 Å². The van der Waals surface area contributed by atoms with Gasteiger partial charge in [-0.1, -0.05) is 17.7 Å². The Labute approximate surface area is 163 Å². The van der Waals surface area contributed by atoms with Crippen molar-refractivity contribution in [2.24, 2.45) is 0 Å². The van der Waals surface area contributed by atoms with E-state index in [9.17, 15) is 19.7 Å². The average Bonchev–Trinajstić information content (AvgIpc) is 2.67. The second-order valence-corrected chi connectivity index (χ2v) is 6.34. The van der Waals surface area contributed by atoms with Crippen LogP contribution in [0.3, 0.4) is 0 Å². The van der Waals surface area contributed by atoms with Crippen LogP contribution in [0, 0.1) is 17.0 Å². The van der Waals surface area contributed by atoms with E-state index in [4.69, 9.17) is 4.74 Å². The zero-order valence-corrected chi connectivity index (χ0v) is 16.0. The van der Waals surface area contributed by atoms with Crippen LogP contribution in [0.2, 0.25) is 0 Å². The molecule has 2 aromatic rings. The number of nitro groups is 1. The zero-order chi connectivity index (χ0) is 20.7. The summed E-state index contributed by atoms with van der Waals surface area (Å²) in [6.07, 6.45) is 0.108. The van der Waals surface area contributed by atoms with Crippen LogP contribution >= 0.6 is 0 Å². The Bertz CT molecular complexity index is 865. The second-order valence-electron chi connectivity index (χ2n) is 6.34. The summed E-state index contributed by atoms with van der Waals surface area (Å²) in [7, 11) is 1.58. The number of amides is 2. The first-order valence-electron chi connectivity index (χ1n) is 8.78. The maximum atomic E-state index is 12.2. The predicted molar refractivity (Wildman–Crippen MR) is 104 cm³/mol. The topological polar surface area (TPSA) is 111 Å². The SMILES string of the molecule is COc1ccc(C)cc1[C@@H](C)NC(=O)CCNC(=O)c1ccc([N+](=O)[O-])cc1. The fourth-order valence-electron chi connectivity index (χ4n) is 2.71. The monoisotopic (exact) mass is 385 g/mol. The third-order valence-electron chi connectivity index (χ3n) is 4.21. The van der Waals surface area contributed by atoms with Gasteiger partial charge in [0.25, 0.3) is 11.6 Å². The van der Waals surface area contributed by atoms with Gasteiger partial charge in [-0.2, -0.15) is 0 Å². The Morgan fingerprint density at radius 3 is 2.46 bits per heavy atom. The summed E-state index contributed by atoms with van der Waals surface area (Å²) in [5.41, 5.74) is 2.15. The van der Waals surface area contributed by atoms with Crippen LogP contribution in [0.15, 0.2) is 42.5 Å². The molecule has 0 bridgehead atoms. The highest BCUT2D eigenvalue weighted by Gasteiger charge is 2.15. The molecule has 0 aromatic heterocycles. The molecule has 2 amide bonds. The summed E-state index contributed by atoms with van der Waals surface area (Å²) in [4.78, 5) is 34.3. The fourth-order valence-corrected chi connectivity index (χ4v) is 2.71. The minimum absolute atomic E-state index is 0.0866. The van der Waals surface area contributed by atoms with Crippen LogP contribution in [-0.4, -0.2) is 30.4 Å². The Hall–Kier alpha value is -3.42. The van der Waals surface area contributed by atoms with E-state index in [0.29, 0.717) is 11.3 Å². The van der Waals surface area contributed by atoms with Gasteiger partial charge in [-0.15, -0.1) is 0 Å². The molecule has 0 fully saturated rings. The third kappa shape index (κ3) is 5.54. The second kappa shape index (κ2) is 9.50. The Morgan fingerprint density at radius 2 is 1.86 bits per heavy atom. The molecule has 0 aliphatic rings. The molecule has 0 saturated carbocycles. The average molecular weight is 385 g/mol. The maximum absolute atomic E-state index is 12.2. The van der Waals surface area contributed by atoms with Crippen molar-refractivity contribution in [3.63, 3.8) is 0 Å². The molecule has 148 valence electrons. The molecule has 2 aromatic carbocycles. The molecule has 0 aliphatic carbocycles. The van der Waals surface area contributed by atoms with Gasteiger partial charge in [0.2, 0.25) is 5.91 Å². The highest BCUT2D eigenvalue weighted by atomic mass is 16.6. The first-order chi connectivity index (χ1) is 13.3. The molecule has 0 radical (unpaired) electrons. The van der Waals surface area contributed by atoms with Crippen LogP contribution in [0.5, 0.6) is 5.75 Å². The number of carbonyl (C=O) groups excluding carboxylic acids is 2. The highest BCUT2D eigenvalue weighted by Crippen LogP contribution is 2.26. The molecular weight excluding hydrogens is 362 g/mol. The van der Waals surface area contributed by atoms with Crippen LogP contribution in [-0.2, 0) is 4.79 Å². The summed E-state index contributed by atoms with van der Waals surface area (Å²) in [5.74, 6) is 0.0982. The van der Waals surface area contributed by atoms with E-state index < -0.39 is 10.8 Å². The minimum Gasteiger partial charge on any atom is -0.496 e. The van der Waals surface area contributed by atoms with Crippen LogP contribution in [0.1, 0.15) is 40.9 Å². The quantitative estimate of drug-likeness (QED) is 0.536. The van der Waals surface area contributed by atoms with Gasteiger partial charge in [0.05, 0.1) is 18.1 Å². The molecule has 0 unspecified atom stereocenters. The summed E-state index contributed by atoms with van der Waals surface area (Å²) in [5, 5.41) is 16.1. The molecule has 2 N–H and O–H groups in total. The largest absolute Gasteiger partial charge is 0.496 e. The number of nitro benzene ring substituents is 1. The van der Waals surface area contributed by atoms with Gasteiger partial charge in [0, 0.05) is 36.2 Å². The van der Waals surface area contributed by atoms with Gasteiger partial charge >= 0.3 is 0 Å². The molecular formula is C20H23N3O5. The number of nitrogens with zero attached hydrogens (tertiary/aromatic N) is 1. The van der Waals surface area contributed by atoms with Crippen molar-refractivity contribution < 1.29 is 19.2 Å². The summed E-state index contributed by atoms with van der Waals surface area (Å²) in [6.45, 7) is 3.98. The van der Waals surface area contributed by atoms with E-state index in [2.05, 4.69) is 10.6 Å². The Balaban J connectivity index is 1.84. The number of aryl methyl sites for hydroxylation is 1.